The average molecular weight is 487 g/mol. The van der Waals surface area contributed by atoms with E-state index < -0.39 is 17.7 Å². The zero-order chi connectivity index (χ0) is 25.0. The first-order chi connectivity index (χ1) is 16.8. The van der Waals surface area contributed by atoms with E-state index in [2.05, 4.69) is 4.98 Å². The lowest BCUT2D eigenvalue weighted by molar-refractivity contribution is -0.137. The van der Waals surface area contributed by atoms with Crippen molar-refractivity contribution in [2.75, 3.05) is 20.2 Å². The number of benzene rings is 1. The zero-order valence-corrected chi connectivity index (χ0v) is 19.0. The summed E-state index contributed by atoms with van der Waals surface area (Å²) in [5, 5.41) is 0. The number of fused-ring (bicyclic) bond motifs is 1. The van der Waals surface area contributed by atoms with Crippen molar-refractivity contribution in [1.82, 2.24) is 14.5 Å². The fourth-order valence-corrected chi connectivity index (χ4v) is 4.08. The van der Waals surface area contributed by atoms with Gasteiger partial charge in [-0.3, -0.25) is 14.7 Å². The van der Waals surface area contributed by atoms with Crippen LogP contribution in [-0.2, 0) is 37.0 Å². The van der Waals surface area contributed by atoms with Crippen LogP contribution in [0.3, 0.4) is 0 Å². The van der Waals surface area contributed by atoms with Crippen LogP contribution in [0.5, 0.6) is 5.75 Å². The molecule has 0 saturated heterocycles. The summed E-state index contributed by atoms with van der Waals surface area (Å²) in [6.07, 6.45) is -0.772. The highest BCUT2D eigenvalue weighted by Crippen LogP contribution is 2.29. The van der Waals surface area contributed by atoms with Crippen LogP contribution in [-0.4, -0.2) is 40.6 Å². The van der Waals surface area contributed by atoms with Gasteiger partial charge >= 0.3 is 12.1 Å². The number of nitrogens with zero attached hydrogens (tertiary/aromatic N) is 3. The monoisotopic (exact) mass is 487 g/mol. The molecule has 184 valence electrons. The Hall–Kier alpha value is -3.66. The van der Waals surface area contributed by atoms with Gasteiger partial charge in [-0.25, -0.2) is 4.79 Å². The Bertz CT molecular complexity index is 1240. The van der Waals surface area contributed by atoms with Gasteiger partial charge in [-0.15, -0.1) is 0 Å². The second kappa shape index (κ2) is 10.3. The second-order valence-corrected chi connectivity index (χ2v) is 8.18. The van der Waals surface area contributed by atoms with E-state index in [-0.39, 0.29) is 23.5 Å². The van der Waals surface area contributed by atoms with E-state index >= 15 is 0 Å². The molecule has 0 atom stereocenters. The lowest BCUT2D eigenvalue weighted by Gasteiger charge is -2.19. The second-order valence-electron chi connectivity index (χ2n) is 8.18. The molecule has 0 radical (unpaired) electrons. The SMILES string of the molecule is COC(=O)c1c(OCc2ccncc2)cc(=O)n2c1CCN(Cc1ccc(C(F)(F)F)cc1)CC2. The van der Waals surface area contributed by atoms with Crippen molar-refractivity contribution < 1.29 is 27.4 Å². The molecule has 0 aliphatic carbocycles. The van der Waals surface area contributed by atoms with Gasteiger partial charge in [0.05, 0.1) is 12.7 Å². The number of aromatic nitrogens is 2. The summed E-state index contributed by atoms with van der Waals surface area (Å²) < 4.78 is 50.9. The highest BCUT2D eigenvalue weighted by molar-refractivity contribution is 5.93. The summed E-state index contributed by atoms with van der Waals surface area (Å²) in [4.78, 5) is 31.6. The van der Waals surface area contributed by atoms with E-state index in [9.17, 15) is 22.8 Å². The Morgan fingerprint density at radius 2 is 1.74 bits per heavy atom. The molecule has 2 aromatic heterocycles. The van der Waals surface area contributed by atoms with Crippen LogP contribution in [0.4, 0.5) is 13.2 Å². The molecule has 0 unspecified atom stereocenters. The summed E-state index contributed by atoms with van der Waals surface area (Å²) in [6.45, 7) is 1.88. The number of carbonyl (C=O) groups excluding carboxylic acids is 1. The van der Waals surface area contributed by atoms with Gasteiger partial charge in [0.25, 0.3) is 5.56 Å². The summed E-state index contributed by atoms with van der Waals surface area (Å²) in [5.41, 5.74) is 1.29. The van der Waals surface area contributed by atoms with Crippen molar-refractivity contribution in [2.45, 2.75) is 32.3 Å². The average Bonchev–Trinajstić information content (AvgIpc) is 3.06. The van der Waals surface area contributed by atoms with E-state index in [1.54, 1.807) is 24.5 Å². The summed E-state index contributed by atoms with van der Waals surface area (Å²) in [5.74, 6) is -0.448. The highest BCUT2D eigenvalue weighted by Gasteiger charge is 2.30. The van der Waals surface area contributed by atoms with Crippen LogP contribution >= 0.6 is 0 Å². The molecule has 35 heavy (non-hydrogen) atoms. The van der Waals surface area contributed by atoms with Crippen molar-refractivity contribution in [2.24, 2.45) is 0 Å². The van der Waals surface area contributed by atoms with Crippen LogP contribution in [0.1, 0.15) is 32.7 Å². The Morgan fingerprint density at radius 3 is 2.40 bits per heavy atom. The quantitative estimate of drug-likeness (QED) is 0.494. The van der Waals surface area contributed by atoms with Crippen molar-refractivity contribution in [3.8, 4) is 5.75 Å². The van der Waals surface area contributed by atoms with Crippen molar-refractivity contribution in [3.63, 3.8) is 0 Å². The Morgan fingerprint density at radius 1 is 1.03 bits per heavy atom. The molecule has 1 aliphatic heterocycles. The van der Waals surface area contributed by atoms with Gasteiger partial charge in [-0.2, -0.15) is 13.2 Å². The van der Waals surface area contributed by atoms with Crippen LogP contribution < -0.4 is 10.3 Å². The fourth-order valence-electron chi connectivity index (χ4n) is 4.08. The number of carbonyl (C=O) groups is 1. The van der Waals surface area contributed by atoms with Gasteiger partial charge < -0.3 is 14.0 Å². The van der Waals surface area contributed by atoms with E-state index in [1.165, 1.54) is 29.9 Å². The third-order valence-corrected chi connectivity index (χ3v) is 5.91. The molecule has 0 N–H and O–H groups in total. The number of hydrogen-bond acceptors (Lipinski definition) is 6. The van der Waals surface area contributed by atoms with Gasteiger partial charge in [0.1, 0.15) is 17.9 Å². The molecule has 0 fully saturated rings. The van der Waals surface area contributed by atoms with Gasteiger partial charge in [0.2, 0.25) is 0 Å². The molecule has 3 aromatic rings. The maximum atomic E-state index is 12.9. The van der Waals surface area contributed by atoms with E-state index in [0.717, 1.165) is 23.3 Å². The molecule has 7 nitrogen and oxygen atoms in total. The molecule has 4 rings (SSSR count). The maximum Gasteiger partial charge on any atom is 0.416 e. The smallest absolute Gasteiger partial charge is 0.416 e. The lowest BCUT2D eigenvalue weighted by atomic mass is 10.1. The first kappa shape index (κ1) is 24.5. The minimum Gasteiger partial charge on any atom is -0.488 e. The van der Waals surface area contributed by atoms with Crippen molar-refractivity contribution >= 4 is 5.97 Å². The lowest BCUT2D eigenvalue weighted by Crippen LogP contribution is -2.29. The summed E-state index contributed by atoms with van der Waals surface area (Å²) in [7, 11) is 1.27. The Balaban J connectivity index is 1.56. The molecule has 1 aliphatic rings. The predicted octanol–water partition coefficient (Wildman–Crippen LogP) is 3.69. The molecule has 0 spiro atoms. The first-order valence-corrected chi connectivity index (χ1v) is 11.0. The van der Waals surface area contributed by atoms with Gasteiger partial charge in [0, 0.05) is 56.8 Å². The van der Waals surface area contributed by atoms with Crippen LogP contribution in [0.25, 0.3) is 0 Å². The predicted molar refractivity (Wildman–Crippen MR) is 121 cm³/mol. The van der Waals surface area contributed by atoms with E-state index in [4.69, 9.17) is 9.47 Å². The molecule has 0 bridgehead atoms. The third-order valence-electron chi connectivity index (χ3n) is 5.91. The molecular weight excluding hydrogens is 463 g/mol. The molecule has 1 aromatic carbocycles. The molecule has 3 heterocycles. The Labute approximate surface area is 199 Å². The van der Waals surface area contributed by atoms with Gasteiger partial charge in [-0.05, 0) is 35.4 Å². The number of pyridine rings is 2. The number of halogens is 3. The highest BCUT2D eigenvalue weighted by atomic mass is 19.4. The molecular formula is C25H24F3N3O4. The van der Waals surface area contributed by atoms with Crippen molar-refractivity contribution in [1.29, 1.82) is 0 Å². The number of rotatable bonds is 6. The number of ether oxygens (including phenoxy) is 2. The summed E-state index contributed by atoms with van der Waals surface area (Å²) in [6, 6.07) is 9.88. The van der Waals surface area contributed by atoms with Crippen LogP contribution in [0.2, 0.25) is 0 Å². The summed E-state index contributed by atoms with van der Waals surface area (Å²) >= 11 is 0. The normalized spacial score (nSPS) is 14.2. The maximum absolute atomic E-state index is 12.9. The fraction of sp³-hybridized carbons (Fsp3) is 0.320. The van der Waals surface area contributed by atoms with Crippen molar-refractivity contribution in [3.05, 3.63) is 93.2 Å². The van der Waals surface area contributed by atoms with E-state index in [1.807, 2.05) is 4.90 Å². The topological polar surface area (TPSA) is 73.7 Å². The molecule has 0 amide bonds. The largest absolute Gasteiger partial charge is 0.488 e. The van der Waals surface area contributed by atoms with E-state index in [0.29, 0.717) is 38.3 Å². The number of hydrogen-bond donors (Lipinski definition) is 0. The van der Waals surface area contributed by atoms with Crippen LogP contribution in [0.15, 0.2) is 59.7 Å². The third kappa shape index (κ3) is 5.71. The minimum atomic E-state index is -4.38. The Kier molecular flexibility index (Phi) is 7.20. The number of alkyl halides is 3. The van der Waals surface area contributed by atoms with Gasteiger partial charge in [-0.1, -0.05) is 12.1 Å². The minimum absolute atomic E-state index is 0.148. The first-order valence-electron chi connectivity index (χ1n) is 11.0. The number of esters is 1. The standard InChI is InChI=1S/C25H24F3N3O4/c1-34-24(33)23-20-8-11-30(15-17-2-4-19(5-3-17)25(26,27)28)12-13-31(20)22(32)14-21(23)35-16-18-6-9-29-10-7-18/h2-7,9-10,14H,8,11-13,15-16H2,1H3. The number of methoxy groups -OCH3 is 1. The van der Waals surface area contributed by atoms with Gasteiger partial charge in [0.15, 0.2) is 0 Å². The van der Waals surface area contributed by atoms with Crippen LogP contribution in [0, 0.1) is 0 Å². The zero-order valence-electron chi connectivity index (χ0n) is 19.0. The molecule has 0 saturated carbocycles. The molecule has 10 heteroatoms.